The van der Waals surface area contributed by atoms with Crippen LogP contribution in [0.1, 0.15) is 44.6 Å². The SMILES string of the molecule is COc1cccc(C2CN(C(=O)C(C)C)CC2C(=O)N2CCCCC2)c1. The third kappa shape index (κ3) is 3.87. The van der Waals surface area contributed by atoms with E-state index in [1.165, 1.54) is 6.42 Å². The molecule has 2 saturated heterocycles. The van der Waals surface area contributed by atoms with Crippen molar-refractivity contribution in [1.82, 2.24) is 9.80 Å². The first-order valence-electron chi connectivity index (χ1n) is 9.72. The number of amides is 2. The lowest BCUT2D eigenvalue weighted by Gasteiger charge is -2.31. The zero-order valence-corrected chi connectivity index (χ0v) is 16.1. The van der Waals surface area contributed by atoms with Crippen LogP contribution in [0, 0.1) is 11.8 Å². The molecule has 1 aromatic carbocycles. The number of hydrogen-bond acceptors (Lipinski definition) is 3. The van der Waals surface area contributed by atoms with Gasteiger partial charge in [0.05, 0.1) is 13.0 Å². The van der Waals surface area contributed by atoms with Gasteiger partial charge < -0.3 is 14.5 Å². The molecular weight excluding hydrogens is 328 g/mol. The van der Waals surface area contributed by atoms with Gasteiger partial charge in [-0.2, -0.15) is 0 Å². The minimum absolute atomic E-state index is 0.0298. The minimum Gasteiger partial charge on any atom is -0.497 e. The van der Waals surface area contributed by atoms with E-state index in [-0.39, 0.29) is 29.6 Å². The molecule has 0 N–H and O–H groups in total. The summed E-state index contributed by atoms with van der Waals surface area (Å²) in [7, 11) is 1.65. The van der Waals surface area contributed by atoms with Gasteiger partial charge >= 0.3 is 0 Å². The second-order valence-electron chi connectivity index (χ2n) is 7.77. The first-order valence-corrected chi connectivity index (χ1v) is 9.72. The summed E-state index contributed by atoms with van der Waals surface area (Å²) in [5.74, 6) is 0.943. The van der Waals surface area contributed by atoms with Crippen molar-refractivity contribution in [3.05, 3.63) is 29.8 Å². The van der Waals surface area contributed by atoms with Crippen molar-refractivity contribution >= 4 is 11.8 Å². The summed E-state index contributed by atoms with van der Waals surface area (Å²) in [6, 6.07) is 7.93. The number of methoxy groups -OCH3 is 1. The van der Waals surface area contributed by atoms with Crippen LogP contribution in [0.2, 0.25) is 0 Å². The monoisotopic (exact) mass is 358 g/mol. The zero-order valence-electron chi connectivity index (χ0n) is 16.1. The molecular formula is C21H30N2O3. The Bertz CT molecular complexity index is 652. The molecule has 0 saturated carbocycles. The van der Waals surface area contributed by atoms with Crippen LogP contribution < -0.4 is 4.74 Å². The van der Waals surface area contributed by atoms with Crippen LogP contribution in [0.4, 0.5) is 0 Å². The quantitative estimate of drug-likeness (QED) is 0.831. The van der Waals surface area contributed by atoms with Crippen LogP contribution in [-0.2, 0) is 9.59 Å². The van der Waals surface area contributed by atoms with Crippen LogP contribution >= 0.6 is 0 Å². The molecule has 2 atom stereocenters. The molecule has 26 heavy (non-hydrogen) atoms. The van der Waals surface area contributed by atoms with Gasteiger partial charge in [0.1, 0.15) is 5.75 Å². The molecule has 5 heteroatoms. The Kier molecular flexibility index (Phi) is 5.84. The highest BCUT2D eigenvalue weighted by molar-refractivity contribution is 5.84. The highest BCUT2D eigenvalue weighted by atomic mass is 16.5. The Labute approximate surface area is 156 Å². The van der Waals surface area contributed by atoms with Crippen LogP contribution in [0.25, 0.3) is 0 Å². The van der Waals surface area contributed by atoms with Gasteiger partial charge in [0.2, 0.25) is 11.8 Å². The molecule has 0 aromatic heterocycles. The molecule has 2 amide bonds. The number of benzene rings is 1. The highest BCUT2D eigenvalue weighted by Gasteiger charge is 2.42. The van der Waals surface area contributed by atoms with Gasteiger partial charge in [-0.15, -0.1) is 0 Å². The summed E-state index contributed by atoms with van der Waals surface area (Å²) in [5.41, 5.74) is 1.08. The topological polar surface area (TPSA) is 49.9 Å². The Hall–Kier alpha value is -2.04. The Balaban J connectivity index is 1.86. The molecule has 0 radical (unpaired) electrons. The molecule has 5 nitrogen and oxygen atoms in total. The van der Waals surface area contributed by atoms with E-state index < -0.39 is 0 Å². The predicted molar refractivity (Wildman–Crippen MR) is 101 cm³/mol. The normalized spacial score (nSPS) is 23.4. The molecule has 0 spiro atoms. The molecule has 1 aromatic rings. The summed E-state index contributed by atoms with van der Waals surface area (Å²) >= 11 is 0. The van der Waals surface area contributed by atoms with E-state index in [1.54, 1.807) is 7.11 Å². The van der Waals surface area contributed by atoms with Crippen molar-refractivity contribution in [1.29, 1.82) is 0 Å². The zero-order chi connectivity index (χ0) is 18.7. The molecule has 2 heterocycles. The first-order chi connectivity index (χ1) is 12.5. The molecule has 2 unspecified atom stereocenters. The van der Waals surface area contributed by atoms with Crippen molar-refractivity contribution < 1.29 is 14.3 Å². The van der Waals surface area contributed by atoms with Gasteiger partial charge in [0, 0.05) is 38.0 Å². The van der Waals surface area contributed by atoms with Crippen LogP contribution in [0.15, 0.2) is 24.3 Å². The molecule has 0 bridgehead atoms. The lowest BCUT2D eigenvalue weighted by atomic mass is 9.87. The number of likely N-dealkylation sites (tertiary alicyclic amines) is 2. The van der Waals surface area contributed by atoms with Gasteiger partial charge in [-0.05, 0) is 37.0 Å². The Morgan fingerprint density at radius 3 is 2.46 bits per heavy atom. The van der Waals surface area contributed by atoms with Gasteiger partial charge in [-0.25, -0.2) is 0 Å². The number of ether oxygens (including phenoxy) is 1. The summed E-state index contributed by atoms with van der Waals surface area (Å²) in [4.78, 5) is 29.7. The highest BCUT2D eigenvalue weighted by Crippen LogP contribution is 2.36. The molecule has 3 rings (SSSR count). The average Bonchev–Trinajstić information content (AvgIpc) is 3.12. The van der Waals surface area contributed by atoms with Crippen molar-refractivity contribution in [3.63, 3.8) is 0 Å². The van der Waals surface area contributed by atoms with E-state index in [4.69, 9.17) is 4.74 Å². The molecule has 0 aliphatic carbocycles. The summed E-state index contributed by atoms with van der Waals surface area (Å²) in [6.45, 7) is 6.66. The standard InChI is InChI=1S/C21H30N2O3/c1-15(2)20(24)23-13-18(16-8-7-9-17(12-16)26-3)19(14-23)21(25)22-10-5-4-6-11-22/h7-9,12,15,18-19H,4-6,10-11,13-14H2,1-3H3. The second kappa shape index (κ2) is 8.11. The largest absolute Gasteiger partial charge is 0.497 e. The van der Waals surface area contributed by atoms with Crippen molar-refractivity contribution in [3.8, 4) is 5.75 Å². The van der Waals surface area contributed by atoms with Crippen molar-refractivity contribution in [2.45, 2.75) is 39.0 Å². The summed E-state index contributed by atoms with van der Waals surface area (Å²) < 4.78 is 5.36. The van der Waals surface area contributed by atoms with Crippen LogP contribution in [0.5, 0.6) is 5.75 Å². The average molecular weight is 358 g/mol. The number of carbonyl (C=O) groups is 2. The third-order valence-corrected chi connectivity index (χ3v) is 5.63. The predicted octanol–water partition coefficient (Wildman–Crippen LogP) is 2.91. The Morgan fingerprint density at radius 1 is 1.08 bits per heavy atom. The molecule has 2 fully saturated rings. The summed E-state index contributed by atoms with van der Waals surface area (Å²) in [5, 5.41) is 0. The first kappa shape index (κ1) is 18.7. The van der Waals surface area contributed by atoms with Gasteiger partial charge in [0.25, 0.3) is 0 Å². The van der Waals surface area contributed by atoms with E-state index >= 15 is 0 Å². The van der Waals surface area contributed by atoms with Crippen molar-refractivity contribution in [2.24, 2.45) is 11.8 Å². The van der Waals surface area contributed by atoms with Crippen LogP contribution in [0.3, 0.4) is 0 Å². The van der Waals surface area contributed by atoms with E-state index in [0.29, 0.717) is 13.1 Å². The minimum atomic E-state index is -0.164. The van der Waals surface area contributed by atoms with E-state index in [2.05, 4.69) is 0 Å². The number of piperidine rings is 1. The fraction of sp³-hybridized carbons (Fsp3) is 0.619. The van der Waals surface area contributed by atoms with E-state index in [1.807, 2.05) is 47.9 Å². The van der Waals surface area contributed by atoms with Crippen LogP contribution in [-0.4, -0.2) is 54.9 Å². The summed E-state index contributed by atoms with van der Waals surface area (Å²) in [6.07, 6.45) is 3.36. The maximum absolute atomic E-state index is 13.2. The van der Waals surface area contributed by atoms with Crippen molar-refractivity contribution in [2.75, 3.05) is 33.3 Å². The molecule has 2 aliphatic heterocycles. The number of rotatable bonds is 4. The van der Waals surface area contributed by atoms with E-state index in [0.717, 1.165) is 37.2 Å². The number of nitrogens with zero attached hydrogens (tertiary/aromatic N) is 2. The number of hydrogen-bond donors (Lipinski definition) is 0. The fourth-order valence-electron chi connectivity index (χ4n) is 4.16. The maximum Gasteiger partial charge on any atom is 0.228 e. The molecule has 2 aliphatic rings. The molecule has 142 valence electrons. The third-order valence-electron chi connectivity index (χ3n) is 5.63. The van der Waals surface area contributed by atoms with Gasteiger partial charge in [-0.3, -0.25) is 9.59 Å². The fourth-order valence-corrected chi connectivity index (χ4v) is 4.16. The smallest absolute Gasteiger partial charge is 0.228 e. The van der Waals surface area contributed by atoms with Gasteiger partial charge in [-0.1, -0.05) is 26.0 Å². The lowest BCUT2D eigenvalue weighted by Crippen LogP contribution is -2.42. The second-order valence-corrected chi connectivity index (χ2v) is 7.77. The van der Waals surface area contributed by atoms with E-state index in [9.17, 15) is 9.59 Å². The Morgan fingerprint density at radius 2 is 1.81 bits per heavy atom. The lowest BCUT2D eigenvalue weighted by molar-refractivity contribution is -0.137. The maximum atomic E-state index is 13.2. The van der Waals surface area contributed by atoms with Gasteiger partial charge in [0.15, 0.2) is 0 Å². The number of carbonyl (C=O) groups excluding carboxylic acids is 2.